The number of piperidine rings is 1. The maximum Gasteiger partial charge on any atom is 0.231 e. The van der Waals surface area contributed by atoms with Crippen LogP contribution in [-0.2, 0) is 13.0 Å². The number of likely N-dealkylation sites (tertiary alicyclic amines) is 1. The Balaban J connectivity index is 1.20. The van der Waals surface area contributed by atoms with Crippen LogP contribution in [0.15, 0.2) is 53.1 Å². The van der Waals surface area contributed by atoms with Crippen LogP contribution >= 0.6 is 0 Å². The van der Waals surface area contributed by atoms with Gasteiger partial charge in [0.15, 0.2) is 11.5 Å². The molecule has 0 unspecified atom stereocenters. The smallest absolute Gasteiger partial charge is 0.231 e. The molecular weight excluding hydrogens is 396 g/mol. The highest BCUT2D eigenvalue weighted by Gasteiger charge is 2.34. The first kappa shape index (κ1) is 19.9. The number of hydrogen-bond acceptors (Lipinski definition) is 7. The van der Waals surface area contributed by atoms with E-state index in [1.165, 1.54) is 0 Å². The van der Waals surface area contributed by atoms with Crippen LogP contribution in [0.25, 0.3) is 11.3 Å². The van der Waals surface area contributed by atoms with Crippen molar-refractivity contribution in [1.29, 1.82) is 0 Å². The van der Waals surface area contributed by atoms with Gasteiger partial charge in [-0.05, 0) is 31.0 Å². The molecule has 7 heteroatoms. The van der Waals surface area contributed by atoms with E-state index in [0.29, 0.717) is 25.0 Å². The SMILES string of the molecule is COc1cccc(-c2cc(CC3(O)CCN(Cc4cccc5c4OCO5)CC3)on2)c1. The average Bonchev–Trinajstić information content (AvgIpc) is 3.45. The van der Waals surface area contributed by atoms with E-state index in [0.717, 1.165) is 53.7 Å². The summed E-state index contributed by atoms with van der Waals surface area (Å²) < 4.78 is 21.9. The third-order valence-corrected chi connectivity index (χ3v) is 6.09. The van der Waals surface area contributed by atoms with Crippen molar-refractivity contribution in [2.45, 2.75) is 31.4 Å². The summed E-state index contributed by atoms with van der Waals surface area (Å²) in [5.74, 6) is 3.12. The molecule has 2 aliphatic rings. The average molecular weight is 422 g/mol. The summed E-state index contributed by atoms with van der Waals surface area (Å²) in [6.07, 6.45) is 1.80. The Morgan fingerprint density at radius 3 is 2.77 bits per heavy atom. The van der Waals surface area contributed by atoms with E-state index in [1.807, 2.05) is 42.5 Å². The lowest BCUT2D eigenvalue weighted by Crippen LogP contribution is -2.45. The number of methoxy groups -OCH3 is 1. The van der Waals surface area contributed by atoms with Gasteiger partial charge in [-0.3, -0.25) is 4.90 Å². The van der Waals surface area contributed by atoms with Gasteiger partial charge in [0.05, 0.1) is 12.7 Å². The highest BCUT2D eigenvalue weighted by molar-refractivity contribution is 5.61. The Morgan fingerprint density at radius 1 is 1.10 bits per heavy atom. The topological polar surface area (TPSA) is 77.2 Å². The van der Waals surface area contributed by atoms with Crippen LogP contribution in [0.5, 0.6) is 17.2 Å². The first-order valence-corrected chi connectivity index (χ1v) is 10.5. The molecule has 0 saturated carbocycles. The Labute approximate surface area is 181 Å². The molecule has 0 bridgehead atoms. The number of ether oxygens (including phenoxy) is 3. The van der Waals surface area contributed by atoms with E-state index in [1.54, 1.807) is 7.11 Å². The standard InChI is InChI=1S/C24H26N2O5/c1-28-19-6-2-4-17(12-19)21-13-20(31-25-21)14-24(27)8-10-26(11-9-24)15-18-5-3-7-22-23(18)30-16-29-22/h2-7,12-13,27H,8-11,14-16H2,1H3. The fraction of sp³-hybridized carbons (Fsp3) is 0.375. The van der Waals surface area contributed by atoms with Crippen LogP contribution in [0, 0.1) is 0 Å². The Hall–Kier alpha value is -3.03. The number of rotatable bonds is 6. The molecule has 2 aliphatic heterocycles. The molecule has 3 aromatic rings. The van der Waals surface area contributed by atoms with Crippen LogP contribution in [-0.4, -0.2) is 47.8 Å². The minimum Gasteiger partial charge on any atom is -0.497 e. The molecule has 0 radical (unpaired) electrons. The van der Waals surface area contributed by atoms with Crippen molar-refractivity contribution in [2.75, 3.05) is 27.0 Å². The van der Waals surface area contributed by atoms with Crippen LogP contribution in [0.2, 0.25) is 0 Å². The summed E-state index contributed by atoms with van der Waals surface area (Å²) in [5.41, 5.74) is 2.01. The van der Waals surface area contributed by atoms with Crippen molar-refractivity contribution in [2.24, 2.45) is 0 Å². The quantitative estimate of drug-likeness (QED) is 0.650. The van der Waals surface area contributed by atoms with E-state index in [2.05, 4.69) is 16.1 Å². The first-order chi connectivity index (χ1) is 15.1. The minimum absolute atomic E-state index is 0.279. The highest BCUT2D eigenvalue weighted by atomic mass is 16.7. The van der Waals surface area contributed by atoms with Gasteiger partial charge in [-0.2, -0.15) is 0 Å². The number of para-hydroxylation sites is 1. The highest BCUT2D eigenvalue weighted by Crippen LogP contribution is 2.37. The first-order valence-electron chi connectivity index (χ1n) is 10.5. The molecule has 7 nitrogen and oxygen atoms in total. The predicted molar refractivity (Wildman–Crippen MR) is 114 cm³/mol. The molecule has 1 saturated heterocycles. The number of fused-ring (bicyclic) bond motifs is 1. The zero-order valence-electron chi connectivity index (χ0n) is 17.5. The molecule has 2 aromatic carbocycles. The van der Waals surface area contributed by atoms with Crippen molar-refractivity contribution in [3.63, 3.8) is 0 Å². The van der Waals surface area contributed by atoms with Crippen molar-refractivity contribution >= 4 is 0 Å². The fourth-order valence-electron chi connectivity index (χ4n) is 4.30. The van der Waals surface area contributed by atoms with Gasteiger partial charge >= 0.3 is 0 Å². The number of benzene rings is 2. The van der Waals surface area contributed by atoms with Crippen molar-refractivity contribution in [1.82, 2.24) is 10.1 Å². The van der Waals surface area contributed by atoms with Crippen molar-refractivity contribution < 1.29 is 23.8 Å². The van der Waals surface area contributed by atoms with Crippen LogP contribution in [0.4, 0.5) is 0 Å². The lowest BCUT2D eigenvalue weighted by Gasteiger charge is -2.37. The largest absolute Gasteiger partial charge is 0.497 e. The second-order valence-electron chi connectivity index (χ2n) is 8.24. The maximum atomic E-state index is 11.1. The zero-order valence-corrected chi connectivity index (χ0v) is 17.5. The molecule has 1 fully saturated rings. The monoisotopic (exact) mass is 422 g/mol. The third-order valence-electron chi connectivity index (χ3n) is 6.09. The van der Waals surface area contributed by atoms with E-state index < -0.39 is 5.60 Å². The lowest BCUT2D eigenvalue weighted by atomic mass is 9.87. The maximum absolute atomic E-state index is 11.1. The Bertz CT molecular complexity index is 1060. The summed E-state index contributed by atoms with van der Waals surface area (Å²) in [6, 6.07) is 15.6. The van der Waals surface area contributed by atoms with Gasteiger partial charge in [-0.1, -0.05) is 29.4 Å². The van der Waals surface area contributed by atoms with Gasteiger partial charge in [0.2, 0.25) is 6.79 Å². The van der Waals surface area contributed by atoms with E-state index >= 15 is 0 Å². The van der Waals surface area contributed by atoms with Crippen molar-refractivity contribution in [3.8, 4) is 28.5 Å². The van der Waals surface area contributed by atoms with E-state index in [4.69, 9.17) is 18.7 Å². The molecular formula is C24H26N2O5. The molecule has 3 heterocycles. The van der Waals surface area contributed by atoms with Crippen LogP contribution < -0.4 is 14.2 Å². The van der Waals surface area contributed by atoms with E-state index in [9.17, 15) is 5.11 Å². The Morgan fingerprint density at radius 2 is 1.94 bits per heavy atom. The summed E-state index contributed by atoms with van der Waals surface area (Å²) >= 11 is 0. The van der Waals surface area contributed by atoms with Gasteiger partial charge in [0.25, 0.3) is 0 Å². The summed E-state index contributed by atoms with van der Waals surface area (Å²) in [6.45, 7) is 2.67. The summed E-state index contributed by atoms with van der Waals surface area (Å²) in [4.78, 5) is 2.34. The molecule has 162 valence electrons. The zero-order chi connectivity index (χ0) is 21.3. The van der Waals surface area contributed by atoms with Crippen LogP contribution in [0.3, 0.4) is 0 Å². The van der Waals surface area contributed by atoms with Gasteiger partial charge in [-0.25, -0.2) is 0 Å². The van der Waals surface area contributed by atoms with Gasteiger partial charge in [0.1, 0.15) is 17.2 Å². The number of aromatic nitrogens is 1. The van der Waals surface area contributed by atoms with Crippen LogP contribution in [0.1, 0.15) is 24.2 Å². The number of aliphatic hydroxyl groups is 1. The molecule has 0 spiro atoms. The van der Waals surface area contributed by atoms with E-state index in [-0.39, 0.29) is 6.79 Å². The van der Waals surface area contributed by atoms with Crippen molar-refractivity contribution in [3.05, 3.63) is 59.9 Å². The molecule has 5 rings (SSSR count). The molecule has 31 heavy (non-hydrogen) atoms. The number of hydrogen-bond donors (Lipinski definition) is 1. The second kappa shape index (κ2) is 8.24. The fourth-order valence-corrected chi connectivity index (χ4v) is 4.30. The molecule has 1 aromatic heterocycles. The molecule has 0 atom stereocenters. The normalized spacial score (nSPS) is 17.6. The molecule has 0 aliphatic carbocycles. The minimum atomic E-state index is -0.792. The summed E-state index contributed by atoms with van der Waals surface area (Å²) in [5, 5.41) is 15.3. The summed E-state index contributed by atoms with van der Waals surface area (Å²) in [7, 11) is 1.64. The molecule has 1 N–H and O–H groups in total. The number of nitrogens with zero attached hydrogens (tertiary/aromatic N) is 2. The lowest BCUT2D eigenvalue weighted by molar-refractivity contribution is -0.0266. The molecule has 0 amide bonds. The Kier molecular flexibility index (Phi) is 5.29. The van der Waals surface area contributed by atoms with Gasteiger partial charge in [0, 0.05) is 43.2 Å². The van der Waals surface area contributed by atoms with Gasteiger partial charge in [-0.15, -0.1) is 0 Å². The second-order valence-corrected chi connectivity index (χ2v) is 8.24. The predicted octanol–water partition coefficient (Wildman–Crippen LogP) is 3.65. The van der Waals surface area contributed by atoms with Gasteiger partial charge < -0.3 is 23.8 Å². The third kappa shape index (κ3) is 4.24.